The van der Waals surface area contributed by atoms with Gasteiger partial charge in [-0.05, 0) is 43.0 Å². The summed E-state index contributed by atoms with van der Waals surface area (Å²) < 4.78 is 5.08. The van der Waals surface area contributed by atoms with Gasteiger partial charge < -0.3 is 10.1 Å². The third kappa shape index (κ3) is 5.45. The van der Waals surface area contributed by atoms with E-state index in [0.717, 1.165) is 23.5 Å². The molecule has 0 saturated heterocycles. The van der Waals surface area contributed by atoms with Gasteiger partial charge in [0.15, 0.2) is 0 Å². The number of nitrogens with one attached hydrogen (secondary N) is 1. The maximum atomic E-state index is 11.8. The molecule has 0 bridgehead atoms. The van der Waals surface area contributed by atoms with Crippen molar-refractivity contribution < 1.29 is 9.53 Å². The quantitative estimate of drug-likeness (QED) is 0.825. The number of hydrogen-bond acceptors (Lipinski definition) is 3. The number of thioether (sulfide) groups is 1. The third-order valence-electron chi connectivity index (χ3n) is 2.69. The number of carbonyl (C=O) groups is 1. The van der Waals surface area contributed by atoms with E-state index in [2.05, 4.69) is 11.6 Å². The summed E-state index contributed by atoms with van der Waals surface area (Å²) in [6.07, 6.45) is 3.51. The van der Waals surface area contributed by atoms with Gasteiger partial charge in [0.1, 0.15) is 5.75 Å². The molecule has 0 aromatic heterocycles. The van der Waals surface area contributed by atoms with E-state index in [4.69, 9.17) is 4.74 Å². The molecule has 0 aliphatic heterocycles. The van der Waals surface area contributed by atoms with Crippen LogP contribution in [-0.4, -0.2) is 31.1 Å². The topological polar surface area (TPSA) is 38.3 Å². The summed E-state index contributed by atoms with van der Waals surface area (Å²) >= 11 is 1.80. The average Bonchev–Trinajstić information content (AvgIpc) is 2.37. The number of amides is 1. The number of ether oxygens (including phenoxy) is 1. The monoisotopic (exact) mass is 267 g/mol. The van der Waals surface area contributed by atoms with Gasteiger partial charge in [0.25, 0.3) is 0 Å². The third-order valence-corrected chi connectivity index (χ3v) is 3.33. The van der Waals surface area contributed by atoms with Gasteiger partial charge in [0.2, 0.25) is 5.91 Å². The molecule has 0 spiro atoms. The Hall–Kier alpha value is -1.16. The zero-order chi connectivity index (χ0) is 13.4. The van der Waals surface area contributed by atoms with Crippen LogP contribution in [0.4, 0.5) is 0 Å². The molecule has 1 aromatic carbocycles. The number of methoxy groups -OCH3 is 1. The van der Waals surface area contributed by atoms with Gasteiger partial charge in [-0.1, -0.05) is 12.1 Å². The molecule has 1 aromatic rings. The fourth-order valence-electron chi connectivity index (χ4n) is 1.62. The molecule has 18 heavy (non-hydrogen) atoms. The van der Waals surface area contributed by atoms with E-state index in [9.17, 15) is 4.79 Å². The summed E-state index contributed by atoms with van der Waals surface area (Å²) in [5, 5.41) is 3.01. The van der Waals surface area contributed by atoms with Crippen molar-refractivity contribution in [3.8, 4) is 5.75 Å². The maximum absolute atomic E-state index is 11.8. The molecule has 0 heterocycles. The highest BCUT2D eigenvalue weighted by Gasteiger charge is 2.07. The second-order valence-electron chi connectivity index (χ2n) is 4.27. The van der Waals surface area contributed by atoms with Gasteiger partial charge in [-0.2, -0.15) is 11.8 Å². The number of rotatable bonds is 7. The van der Waals surface area contributed by atoms with Crippen LogP contribution in [0, 0.1) is 0 Å². The van der Waals surface area contributed by atoms with Crippen molar-refractivity contribution in [1.29, 1.82) is 0 Å². The SMILES string of the molecule is COc1ccc(CC(=O)N[C@H](C)CCSC)cc1. The molecule has 1 rings (SSSR count). The minimum Gasteiger partial charge on any atom is -0.497 e. The minimum atomic E-state index is 0.0776. The number of carbonyl (C=O) groups excluding carboxylic acids is 1. The first kappa shape index (κ1) is 14.9. The molecular formula is C14H21NO2S. The molecule has 0 aliphatic rings. The van der Waals surface area contributed by atoms with Crippen LogP contribution in [0.15, 0.2) is 24.3 Å². The van der Waals surface area contributed by atoms with Crippen LogP contribution in [0.1, 0.15) is 18.9 Å². The Bertz CT molecular complexity index is 365. The summed E-state index contributed by atoms with van der Waals surface area (Å²) in [6.45, 7) is 2.04. The summed E-state index contributed by atoms with van der Waals surface area (Å²) in [5.41, 5.74) is 1.00. The summed E-state index contributed by atoms with van der Waals surface area (Å²) in [7, 11) is 1.63. The van der Waals surface area contributed by atoms with Crippen molar-refractivity contribution in [3.05, 3.63) is 29.8 Å². The molecule has 4 heteroatoms. The van der Waals surface area contributed by atoms with Crippen molar-refractivity contribution in [3.63, 3.8) is 0 Å². The Morgan fingerprint density at radius 1 is 1.39 bits per heavy atom. The second kappa shape index (κ2) is 8.03. The van der Waals surface area contributed by atoms with Gasteiger partial charge in [0, 0.05) is 6.04 Å². The predicted molar refractivity (Wildman–Crippen MR) is 77.3 cm³/mol. The van der Waals surface area contributed by atoms with Crippen LogP contribution in [0.25, 0.3) is 0 Å². The van der Waals surface area contributed by atoms with E-state index < -0.39 is 0 Å². The van der Waals surface area contributed by atoms with Gasteiger partial charge in [-0.15, -0.1) is 0 Å². The van der Waals surface area contributed by atoms with E-state index >= 15 is 0 Å². The summed E-state index contributed by atoms with van der Waals surface area (Å²) in [4.78, 5) is 11.8. The van der Waals surface area contributed by atoms with Crippen LogP contribution >= 0.6 is 11.8 Å². The molecule has 0 aliphatic carbocycles. The van der Waals surface area contributed by atoms with Crippen molar-refractivity contribution in [2.75, 3.05) is 19.1 Å². The van der Waals surface area contributed by atoms with Gasteiger partial charge >= 0.3 is 0 Å². The zero-order valence-electron chi connectivity index (χ0n) is 11.2. The smallest absolute Gasteiger partial charge is 0.224 e. The molecule has 100 valence electrons. The lowest BCUT2D eigenvalue weighted by Gasteiger charge is -2.13. The molecule has 0 fully saturated rings. The Morgan fingerprint density at radius 2 is 2.06 bits per heavy atom. The van der Waals surface area contributed by atoms with Crippen LogP contribution < -0.4 is 10.1 Å². The second-order valence-corrected chi connectivity index (χ2v) is 5.26. The molecule has 1 amide bonds. The number of hydrogen-bond donors (Lipinski definition) is 1. The average molecular weight is 267 g/mol. The van der Waals surface area contributed by atoms with E-state index in [1.807, 2.05) is 31.2 Å². The zero-order valence-corrected chi connectivity index (χ0v) is 12.0. The van der Waals surface area contributed by atoms with E-state index in [1.54, 1.807) is 18.9 Å². The van der Waals surface area contributed by atoms with Gasteiger partial charge in [-0.3, -0.25) is 4.79 Å². The summed E-state index contributed by atoms with van der Waals surface area (Å²) in [6, 6.07) is 7.83. The van der Waals surface area contributed by atoms with Crippen molar-refractivity contribution in [2.24, 2.45) is 0 Å². The van der Waals surface area contributed by atoms with Crippen molar-refractivity contribution in [2.45, 2.75) is 25.8 Å². The minimum absolute atomic E-state index is 0.0776. The molecule has 0 radical (unpaired) electrons. The lowest BCUT2D eigenvalue weighted by atomic mass is 10.1. The Labute approximate surface area is 113 Å². The van der Waals surface area contributed by atoms with Crippen LogP contribution in [-0.2, 0) is 11.2 Å². The summed E-state index contributed by atoms with van der Waals surface area (Å²) in [5.74, 6) is 1.96. The Kier molecular flexibility index (Phi) is 6.65. The van der Waals surface area contributed by atoms with Crippen LogP contribution in [0.5, 0.6) is 5.75 Å². The highest BCUT2D eigenvalue weighted by Crippen LogP contribution is 2.11. The standard InChI is InChI=1S/C14H21NO2S/c1-11(8-9-18-3)15-14(16)10-12-4-6-13(17-2)7-5-12/h4-7,11H,8-10H2,1-3H3,(H,15,16)/t11-/m1/s1. The predicted octanol–water partition coefficient (Wildman–Crippen LogP) is 2.50. The van der Waals surface area contributed by atoms with Gasteiger partial charge in [-0.25, -0.2) is 0 Å². The maximum Gasteiger partial charge on any atom is 0.224 e. The van der Waals surface area contributed by atoms with E-state index in [0.29, 0.717) is 6.42 Å². The first-order valence-corrected chi connectivity index (χ1v) is 7.46. The number of benzene rings is 1. The van der Waals surface area contributed by atoms with Crippen LogP contribution in [0.2, 0.25) is 0 Å². The molecule has 1 N–H and O–H groups in total. The first-order valence-electron chi connectivity index (χ1n) is 6.07. The highest BCUT2D eigenvalue weighted by molar-refractivity contribution is 7.98. The molecular weight excluding hydrogens is 246 g/mol. The molecule has 3 nitrogen and oxygen atoms in total. The van der Waals surface area contributed by atoms with E-state index in [1.165, 1.54) is 0 Å². The highest BCUT2D eigenvalue weighted by atomic mass is 32.2. The molecule has 1 atom stereocenters. The molecule has 0 saturated carbocycles. The van der Waals surface area contributed by atoms with Crippen molar-refractivity contribution in [1.82, 2.24) is 5.32 Å². The van der Waals surface area contributed by atoms with Crippen LogP contribution in [0.3, 0.4) is 0 Å². The largest absolute Gasteiger partial charge is 0.497 e. The van der Waals surface area contributed by atoms with Gasteiger partial charge in [0.05, 0.1) is 13.5 Å². The first-order chi connectivity index (χ1) is 8.65. The lowest BCUT2D eigenvalue weighted by Crippen LogP contribution is -2.34. The molecule has 0 unspecified atom stereocenters. The normalized spacial score (nSPS) is 11.9. The fraction of sp³-hybridized carbons (Fsp3) is 0.500. The Morgan fingerprint density at radius 3 is 2.61 bits per heavy atom. The lowest BCUT2D eigenvalue weighted by molar-refractivity contribution is -0.121. The van der Waals surface area contributed by atoms with Crippen molar-refractivity contribution >= 4 is 17.7 Å². The van der Waals surface area contributed by atoms with E-state index in [-0.39, 0.29) is 11.9 Å². The Balaban J connectivity index is 2.39. The fourth-order valence-corrected chi connectivity index (χ4v) is 2.21.